The number of nitrogens with one attached hydrogen (secondary N) is 3. The molecule has 3 N–H and O–H groups in total. The lowest BCUT2D eigenvalue weighted by atomic mass is 10.1. The molecule has 0 spiro atoms. The van der Waals surface area contributed by atoms with Crippen molar-refractivity contribution in [3.05, 3.63) is 47.8 Å². The van der Waals surface area contributed by atoms with Crippen LogP contribution in [0.2, 0.25) is 0 Å². The molecule has 0 saturated carbocycles. The molecule has 0 saturated heterocycles. The number of methoxy groups -OCH3 is 1. The van der Waals surface area contributed by atoms with E-state index in [2.05, 4.69) is 25.7 Å². The Morgan fingerprint density at radius 1 is 1.35 bits per heavy atom. The van der Waals surface area contributed by atoms with Crippen molar-refractivity contribution in [2.24, 2.45) is 0 Å². The van der Waals surface area contributed by atoms with E-state index in [1.54, 1.807) is 13.3 Å². The number of benzene rings is 1. The topological polar surface area (TPSA) is 82.3 Å². The lowest BCUT2D eigenvalue weighted by Crippen LogP contribution is -2.40. The highest BCUT2D eigenvalue weighted by Crippen LogP contribution is 2.21. The van der Waals surface area contributed by atoms with E-state index in [1.165, 1.54) is 0 Å². The van der Waals surface area contributed by atoms with Gasteiger partial charge >= 0.3 is 6.03 Å². The van der Waals surface area contributed by atoms with Crippen LogP contribution >= 0.6 is 0 Å². The highest BCUT2D eigenvalue weighted by molar-refractivity contribution is 5.73. The van der Waals surface area contributed by atoms with Crippen LogP contribution in [0, 0.1) is 0 Å². The lowest BCUT2D eigenvalue weighted by molar-refractivity contribution is 0.232. The van der Waals surface area contributed by atoms with E-state index in [1.807, 2.05) is 44.4 Å². The molecule has 2 rings (SSSR count). The van der Waals surface area contributed by atoms with Crippen LogP contribution in [0.25, 0.3) is 0 Å². The third-order valence-electron chi connectivity index (χ3n) is 3.56. The second-order valence-corrected chi connectivity index (χ2v) is 5.40. The van der Waals surface area contributed by atoms with Gasteiger partial charge < -0.3 is 20.3 Å². The highest BCUT2D eigenvalue weighted by atomic mass is 16.5. The number of nitrogens with zero attached hydrogens (tertiary/aromatic N) is 2. The van der Waals surface area contributed by atoms with Crippen molar-refractivity contribution in [2.75, 3.05) is 27.7 Å². The summed E-state index contributed by atoms with van der Waals surface area (Å²) in [5, 5.41) is 12.3. The number of ether oxygens (including phenoxy) is 1. The molecule has 2 aromatic rings. The number of carbonyl (C=O) groups excluding carboxylic acids is 1. The van der Waals surface area contributed by atoms with Crippen molar-refractivity contribution in [3.8, 4) is 5.75 Å². The van der Waals surface area contributed by atoms with Gasteiger partial charge in [-0.3, -0.25) is 5.10 Å². The molecule has 23 heavy (non-hydrogen) atoms. The van der Waals surface area contributed by atoms with E-state index in [0.29, 0.717) is 13.1 Å². The molecule has 7 heteroatoms. The molecule has 7 nitrogen and oxygen atoms in total. The standard InChI is InChI=1S/C16H23N5O2/c1-21(2)15(12-5-4-6-14(9-12)23-3)11-18-16(22)17-10-13-7-8-19-20-13/h4-9,15H,10-11H2,1-3H3,(H,19,20)(H2,17,18,22)/t15-/m1/s1. The summed E-state index contributed by atoms with van der Waals surface area (Å²) in [7, 11) is 5.60. The molecule has 0 bridgehead atoms. The smallest absolute Gasteiger partial charge is 0.315 e. The predicted octanol–water partition coefficient (Wildman–Crippen LogP) is 1.52. The van der Waals surface area contributed by atoms with Gasteiger partial charge in [0.05, 0.1) is 25.4 Å². The molecular formula is C16H23N5O2. The van der Waals surface area contributed by atoms with E-state index >= 15 is 0 Å². The van der Waals surface area contributed by atoms with E-state index in [9.17, 15) is 4.79 Å². The zero-order valence-corrected chi connectivity index (χ0v) is 13.7. The molecule has 0 fully saturated rings. The van der Waals surface area contributed by atoms with Crippen molar-refractivity contribution in [3.63, 3.8) is 0 Å². The molecule has 0 radical (unpaired) electrons. The van der Waals surface area contributed by atoms with Gasteiger partial charge in [0.15, 0.2) is 0 Å². The maximum atomic E-state index is 11.9. The summed E-state index contributed by atoms with van der Waals surface area (Å²) in [5.41, 5.74) is 1.94. The van der Waals surface area contributed by atoms with Gasteiger partial charge in [-0.25, -0.2) is 4.79 Å². The zero-order chi connectivity index (χ0) is 16.7. The molecule has 0 aliphatic carbocycles. The van der Waals surface area contributed by atoms with Crippen molar-refractivity contribution < 1.29 is 9.53 Å². The number of rotatable bonds is 7. The van der Waals surface area contributed by atoms with Gasteiger partial charge in [-0.15, -0.1) is 0 Å². The SMILES string of the molecule is COc1cccc([C@@H](CNC(=O)NCc2ccn[nH]2)N(C)C)c1. The number of carbonyl (C=O) groups is 1. The highest BCUT2D eigenvalue weighted by Gasteiger charge is 2.15. The number of aromatic amines is 1. The summed E-state index contributed by atoms with van der Waals surface area (Å²) in [6.07, 6.45) is 1.65. The Morgan fingerprint density at radius 2 is 2.17 bits per heavy atom. The molecule has 1 aromatic carbocycles. The molecule has 1 atom stereocenters. The fourth-order valence-corrected chi connectivity index (χ4v) is 2.26. The Kier molecular flexibility index (Phi) is 5.99. The van der Waals surface area contributed by atoms with E-state index in [0.717, 1.165) is 17.0 Å². The van der Waals surface area contributed by atoms with Gasteiger partial charge in [-0.2, -0.15) is 5.10 Å². The van der Waals surface area contributed by atoms with E-state index < -0.39 is 0 Å². The van der Waals surface area contributed by atoms with Gasteiger partial charge in [0.1, 0.15) is 5.75 Å². The average molecular weight is 317 g/mol. The Balaban J connectivity index is 1.90. The Labute approximate surface area is 136 Å². The molecule has 1 aromatic heterocycles. The first-order chi connectivity index (χ1) is 11.1. The summed E-state index contributed by atoms with van der Waals surface area (Å²) < 4.78 is 5.26. The summed E-state index contributed by atoms with van der Waals surface area (Å²) >= 11 is 0. The molecule has 0 aliphatic rings. The minimum Gasteiger partial charge on any atom is -0.497 e. The first-order valence-corrected chi connectivity index (χ1v) is 7.40. The van der Waals surface area contributed by atoms with Crippen LogP contribution in [-0.2, 0) is 6.54 Å². The molecule has 124 valence electrons. The minimum atomic E-state index is -0.214. The Morgan fingerprint density at radius 3 is 2.83 bits per heavy atom. The largest absolute Gasteiger partial charge is 0.497 e. The quantitative estimate of drug-likeness (QED) is 0.723. The number of hydrogen-bond donors (Lipinski definition) is 3. The van der Waals surface area contributed by atoms with Crippen LogP contribution in [-0.4, -0.2) is 48.9 Å². The van der Waals surface area contributed by atoms with Crippen LogP contribution in [0.1, 0.15) is 17.3 Å². The van der Waals surface area contributed by atoms with Gasteiger partial charge in [0.2, 0.25) is 0 Å². The normalized spacial score (nSPS) is 12.0. The van der Waals surface area contributed by atoms with Crippen LogP contribution in [0.4, 0.5) is 4.79 Å². The molecule has 0 unspecified atom stereocenters. The minimum absolute atomic E-state index is 0.0583. The summed E-state index contributed by atoms with van der Waals surface area (Å²) in [6, 6.07) is 9.52. The summed E-state index contributed by atoms with van der Waals surface area (Å²) in [5.74, 6) is 0.804. The van der Waals surface area contributed by atoms with Gasteiger partial charge in [-0.05, 0) is 37.9 Å². The van der Waals surface area contributed by atoms with Crippen LogP contribution in [0.3, 0.4) is 0 Å². The molecule has 1 heterocycles. The predicted molar refractivity (Wildman–Crippen MR) is 88.2 cm³/mol. The van der Waals surface area contributed by atoms with E-state index in [-0.39, 0.29) is 12.1 Å². The first kappa shape index (κ1) is 16.8. The first-order valence-electron chi connectivity index (χ1n) is 7.40. The van der Waals surface area contributed by atoms with Crippen molar-refractivity contribution >= 4 is 6.03 Å². The fourth-order valence-electron chi connectivity index (χ4n) is 2.26. The monoisotopic (exact) mass is 317 g/mol. The maximum absolute atomic E-state index is 11.9. The number of aromatic nitrogens is 2. The molecular weight excluding hydrogens is 294 g/mol. The number of H-pyrrole nitrogens is 1. The number of hydrogen-bond acceptors (Lipinski definition) is 4. The summed E-state index contributed by atoms with van der Waals surface area (Å²) in [4.78, 5) is 14.0. The summed E-state index contributed by atoms with van der Waals surface area (Å²) in [6.45, 7) is 0.909. The molecule has 2 amide bonds. The van der Waals surface area contributed by atoms with Gasteiger partial charge in [-0.1, -0.05) is 12.1 Å². The average Bonchev–Trinajstić information content (AvgIpc) is 3.06. The maximum Gasteiger partial charge on any atom is 0.315 e. The lowest BCUT2D eigenvalue weighted by Gasteiger charge is -2.25. The third kappa shape index (κ3) is 5.00. The number of amides is 2. The van der Waals surface area contributed by atoms with Crippen LogP contribution < -0.4 is 15.4 Å². The second kappa shape index (κ2) is 8.19. The van der Waals surface area contributed by atoms with Gasteiger partial charge in [0.25, 0.3) is 0 Å². The fraction of sp³-hybridized carbons (Fsp3) is 0.375. The van der Waals surface area contributed by atoms with Crippen LogP contribution in [0.15, 0.2) is 36.5 Å². The Hall–Kier alpha value is -2.54. The van der Waals surface area contributed by atoms with Crippen molar-refractivity contribution in [1.82, 2.24) is 25.7 Å². The number of likely N-dealkylation sites (N-methyl/N-ethyl adjacent to an activating group) is 1. The van der Waals surface area contributed by atoms with Crippen molar-refractivity contribution in [2.45, 2.75) is 12.6 Å². The Bertz CT molecular complexity index is 613. The second-order valence-electron chi connectivity index (χ2n) is 5.40. The third-order valence-corrected chi connectivity index (χ3v) is 3.56. The van der Waals surface area contributed by atoms with Crippen LogP contribution in [0.5, 0.6) is 5.75 Å². The van der Waals surface area contributed by atoms with E-state index in [4.69, 9.17) is 4.74 Å². The molecule has 0 aliphatic heterocycles. The van der Waals surface area contributed by atoms with Gasteiger partial charge in [0, 0.05) is 12.7 Å². The number of urea groups is 1. The zero-order valence-electron chi connectivity index (χ0n) is 13.7. The van der Waals surface area contributed by atoms with Crippen molar-refractivity contribution in [1.29, 1.82) is 0 Å².